The van der Waals surface area contributed by atoms with Gasteiger partial charge < -0.3 is 5.32 Å². The predicted octanol–water partition coefficient (Wildman–Crippen LogP) is 4.93. The fraction of sp³-hybridized carbons (Fsp3) is 0.136. The summed E-state index contributed by atoms with van der Waals surface area (Å²) in [6.07, 6.45) is 0. The van der Waals surface area contributed by atoms with Crippen LogP contribution < -0.4 is 10.2 Å². The highest BCUT2D eigenvalue weighted by molar-refractivity contribution is 5.93. The molecule has 1 unspecified atom stereocenters. The average molecular weight is 330 g/mol. The molecule has 0 radical (unpaired) electrons. The van der Waals surface area contributed by atoms with E-state index in [4.69, 9.17) is 0 Å². The van der Waals surface area contributed by atoms with Gasteiger partial charge in [0.1, 0.15) is 0 Å². The minimum absolute atomic E-state index is 0.138. The molecule has 0 spiro atoms. The summed E-state index contributed by atoms with van der Waals surface area (Å²) >= 11 is 0. The van der Waals surface area contributed by atoms with Gasteiger partial charge in [-0.15, -0.1) is 0 Å². The molecule has 126 valence electrons. The molecule has 2 amide bonds. The van der Waals surface area contributed by atoms with E-state index in [9.17, 15) is 4.79 Å². The number of benzene rings is 3. The largest absolute Gasteiger partial charge is 0.341 e. The number of rotatable bonds is 4. The zero-order valence-electron chi connectivity index (χ0n) is 14.5. The van der Waals surface area contributed by atoms with E-state index in [1.54, 1.807) is 11.9 Å². The van der Waals surface area contributed by atoms with Crippen LogP contribution in [0.4, 0.5) is 10.5 Å². The molecule has 0 saturated carbocycles. The van der Waals surface area contributed by atoms with Crippen molar-refractivity contribution in [2.24, 2.45) is 0 Å². The predicted molar refractivity (Wildman–Crippen MR) is 103 cm³/mol. The first-order chi connectivity index (χ1) is 12.2. The summed E-state index contributed by atoms with van der Waals surface area (Å²) in [6.45, 7) is 2.06. The van der Waals surface area contributed by atoms with Gasteiger partial charge in [-0.3, -0.25) is 4.90 Å². The minimum atomic E-state index is -0.204. The van der Waals surface area contributed by atoms with Crippen LogP contribution >= 0.6 is 0 Å². The molecule has 3 nitrogen and oxygen atoms in total. The topological polar surface area (TPSA) is 32.3 Å². The zero-order chi connectivity index (χ0) is 17.6. The number of hydrogen-bond acceptors (Lipinski definition) is 1. The Balaban J connectivity index is 2.17. The molecule has 0 aliphatic rings. The molecule has 1 atom stereocenters. The highest BCUT2D eigenvalue weighted by Crippen LogP contribution is 2.33. The van der Waals surface area contributed by atoms with Crippen LogP contribution in [0.1, 0.15) is 22.7 Å². The molecule has 0 fully saturated rings. The summed E-state index contributed by atoms with van der Waals surface area (Å²) < 4.78 is 0. The van der Waals surface area contributed by atoms with Gasteiger partial charge in [-0.2, -0.15) is 0 Å². The van der Waals surface area contributed by atoms with Crippen molar-refractivity contribution in [1.82, 2.24) is 5.32 Å². The minimum Gasteiger partial charge on any atom is -0.341 e. The lowest BCUT2D eigenvalue weighted by atomic mass is 9.96. The first kappa shape index (κ1) is 16.8. The summed E-state index contributed by atoms with van der Waals surface area (Å²) in [4.78, 5) is 14.6. The molecule has 3 heteroatoms. The van der Waals surface area contributed by atoms with Crippen molar-refractivity contribution in [3.05, 3.63) is 102 Å². The molecular weight excluding hydrogens is 308 g/mol. The molecule has 1 N–H and O–H groups in total. The van der Waals surface area contributed by atoms with Crippen molar-refractivity contribution >= 4 is 11.7 Å². The van der Waals surface area contributed by atoms with Gasteiger partial charge in [0.05, 0.1) is 6.04 Å². The second-order valence-corrected chi connectivity index (χ2v) is 5.98. The molecule has 0 aliphatic carbocycles. The van der Waals surface area contributed by atoms with Crippen LogP contribution in [0.2, 0.25) is 0 Å². The van der Waals surface area contributed by atoms with Crippen molar-refractivity contribution in [1.29, 1.82) is 0 Å². The van der Waals surface area contributed by atoms with Crippen molar-refractivity contribution in [2.75, 3.05) is 11.9 Å². The van der Waals surface area contributed by atoms with E-state index in [2.05, 4.69) is 48.6 Å². The number of anilines is 1. The lowest BCUT2D eigenvalue weighted by molar-refractivity contribution is 0.247. The van der Waals surface area contributed by atoms with E-state index in [0.717, 1.165) is 16.8 Å². The van der Waals surface area contributed by atoms with E-state index in [1.165, 1.54) is 5.56 Å². The standard InChI is InChI=1S/C22H22N2O/c1-17-13-15-19(16-14-17)21(18-9-5-3-6-10-18)24(22(25)23-2)20-11-7-4-8-12-20/h3-16,21H,1-2H3,(H,23,25). The third-order valence-corrected chi connectivity index (χ3v) is 4.23. The van der Waals surface area contributed by atoms with Crippen molar-refractivity contribution in [3.8, 4) is 0 Å². The molecule has 0 aliphatic heterocycles. The normalized spacial score (nSPS) is 11.6. The fourth-order valence-corrected chi connectivity index (χ4v) is 2.97. The monoisotopic (exact) mass is 330 g/mol. The Morgan fingerprint density at radius 2 is 1.32 bits per heavy atom. The number of hydrogen-bond donors (Lipinski definition) is 1. The first-order valence-electron chi connectivity index (χ1n) is 8.38. The lowest BCUT2D eigenvalue weighted by Gasteiger charge is -2.32. The summed E-state index contributed by atoms with van der Waals surface area (Å²) in [5.41, 5.74) is 4.20. The van der Waals surface area contributed by atoms with Crippen LogP contribution in [0.3, 0.4) is 0 Å². The van der Waals surface area contributed by atoms with E-state index in [0.29, 0.717) is 0 Å². The number of aryl methyl sites for hydroxylation is 1. The SMILES string of the molecule is CNC(=O)N(c1ccccc1)C(c1ccccc1)c1ccc(C)cc1. The van der Waals surface area contributed by atoms with Crippen LogP contribution in [-0.2, 0) is 0 Å². The van der Waals surface area contributed by atoms with Crippen LogP contribution in [0.5, 0.6) is 0 Å². The van der Waals surface area contributed by atoms with E-state index in [-0.39, 0.29) is 12.1 Å². The second kappa shape index (κ2) is 7.67. The Hall–Kier alpha value is -3.07. The van der Waals surface area contributed by atoms with Gasteiger partial charge in [0.25, 0.3) is 0 Å². The highest BCUT2D eigenvalue weighted by atomic mass is 16.2. The third kappa shape index (κ3) is 3.72. The Morgan fingerprint density at radius 1 is 0.800 bits per heavy atom. The van der Waals surface area contributed by atoms with Crippen LogP contribution in [0.25, 0.3) is 0 Å². The van der Waals surface area contributed by atoms with Crippen LogP contribution in [0.15, 0.2) is 84.9 Å². The molecule has 3 aromatic carbocycles. The summed E-state index contributed by atoms with van der Waals surface area (Å²) in [6, 6.07) is 27.9. The number of para-hydroxylation sites is 1. The average Bonchev–Trinajstić information content (AvgIpc) is 2.68. The van der Waals surface area contributed by atoms with Crippen LogP contribution in [0, 0.1) is 6.92 Å². The maximum Gasteiger partial charge on any atom is 0.322 e. The maximum atomic E-state index is 12.8. The number of urea groups is 1. The highest BCUT2D eigenvalue weighted by Gasteiger charge is 2.27. The summed E-state index contributed by atoms with van der Waals surface area (Å²) in [5, 5.41) is 2.78. The van der Waals surface area contributed by atoms with Crippen LogP contribution in [-0.4, -0.2) is 13.1 Å². The van der Waals surface area contributed by atoms with Gasteiger partial charge in [0, 0.05) is 12.7 Å². The summed E-state index contributed by atoms with van der Waals surface area (Å²) in [7, 11) is 1.66. The van der Waals surface area contributed by atoms with Gasteiger partial charge in [0.2, 0.25) is 0 Å². The Bertz CT molecular complexity index is 814. The Labute approximate surface area is 148 Å². The second-order valence-electron chi connectivity index (χ2n) is 5.98. The Kier molecular flexibility index (Phi) is 5.14. The molecule has 0 saturated heterocycles. The molecule has 3 rings (SSSR count). The molecule has 3 aromatic rings. The van der Waals surface area contributed by atoms with E-state index in [1.807, 2.05) is 48.5 Å². The zero-order valence-corrected chi connectivity index (χ0v) is 14.5. The smallest absolute Gasteiger partial charge is 0.322 e. The molecule has 0 heterocycles. The number of amides is 2. The van der Waals surface area contributed by atoms with Gasteiger partial charge in [-0.1, -0.05) is 78.4 Å². The van der Waals surface area contributed by atoms with Gasteiger partial charge in [-0.25, -0.2) is 4.79 Å². The number of nitrogens with zero attached hydrogens (tertiary/aromatic N) is 1. The van der Waals surface area contributed by atoms with Gasteiger partial charge >= 0.3 is 6.03 Å². The fourth-order valence-electron chi connectivity index (χ4n) is 2.97. The molecule has 0 aromatic heterocycles. The molecular formula is C22H22N2O. The van der Waals surface area contributed by atoms with Gasteiger partial charge in [-0.05, 0) is 30.2 Å². The maximum absolute atomic E-state index is 12.8. The van der Waals surface area contributed by atoms with Gasteiger partial charge in [0.15, 0.2) is 0 Å². The van der Waals surface area contributed by atoms with E-state index < -0.39 is 0 Å². The number of carbonyl (C=O) groups excluding carboxylic acids is 1. The van der Waals surface area contributed by atoms with Crippen molar-refractivity contribution in [3.63, 3.8) is 0 Å². The van der Waals surface area contributed by atoms with Crippen molar-refractivity contribution < 1.29 is 4.79 Å². The third-order valence-electron chi connectivity index (χ3n) is 4.23. The quantitative estimate of drug-likeness (QED) is 0.723. The summed E-state index contributed by atoms with van der Waals surface area (Å²) in [5.74, 6) is 0. The first-order valence-corrected chi connectivity index (χ1v) is 8.38. The molecule has 0 bridgehead atoms. The van der Waals surface area contributed by atoms with Crippen molar-refractivity contribution in [2.45, 2.75) is 13.0 Å². The number of nitrogens with one attached hydrogen (secondary N) is 1. The Morgan fingerprint density at radius 3 is 1.88 bits per heavy atom. The number of carbonyl (C=O) groups is 1. The van der Waals surface area contributed by atoms with E-state index >= 15 is 0 Å². The molecule has 25 heavy (non-hydrogen) atoms. The lowest BCUT2D eigenvalue weighted by Crippen LogP contribution is -2.41.